The summed E-state index contributed by atoms with van der Waals surface area (Å²) in [5.74, 6) is 6.05. The minimum Gasteiger partial charge on any atom is -0.489 e. The molecule has 0 fully saturated rings. The molecule has 1 atom stereocenters. The van der Waals surface area contributed by atoms with Crippen molar-refractivity contribution in [3.8, 4) is 28.7 Å². The average Bonchev–Trinajstić information content (AvgIpc) is 3.36. The van der Waals surface area contributed by atoms with Gasteiger partial charge in [0.1, 0.15) is 18.7 Å². The number of ether oxygens (including phenoxy) is 2. The molecule has 9 nitrogen and oxygen atoms in total. The number of sulfonamides is 1. The van der Waals surface area contributed by atoms with Crippen molar-refractivity contribution in [3.63, 3.8) is 0 Å². The van der Waals surface area contributed by atoms with Gasteiger partial charge in [0.25, 0.3) is 0 Å². The Morgan fingerprint density at radius 1 is 1.16 bits per heavy atom. The zero-order valence-electron chi connectivity index (χ0n) is 21.3. The molecule has 4 aromatic rings. The number of pyridine rings is 1. The molecule has 0 saturated carbocycles. The molecule has 0 saturated heterocycles. The number of hydrogen-bond donors (Lipinski definition) is 1. The van der Waals surface area contributed by atoms with Gasteiger partial charge in [0.2, 0.25) is 10.0 Å². The van der Waals surface area contributed by atoms with Crippen molar-refractivity contribution in [2.24, 2.45) is 5.14 Å². The van der Waals surface area contributed by atoms with Crippen LogP contribution in [-0.4, -0.2) is 35.6 Å². The average molecular weight is 533 g/mol. The minimum absolute atomic E-state index is 0.0574. The molecule has 2 aromatic carbocycles. The fourth-order valence-corrected chi connectivity index (χ4v) is 4.76. The van der Waals surface area contributed by atoms with Crippen molar-refractivity contribution in [3.05, 3.63) is 77.7 Å². The molecule has 10 heteroatoms. The highest BCUT2D eigenvalue weighted by Crippen LogP contribution is 2.28. The first kappa shape index (κ1) is 26.9. The van der Waals surface area contributed by atoms with Gasteiger partial charge >= 0.3 is 5.97 Å². The Labute approximate surface area is 221 Å². The number of benzene rings is 2. The van der Waals surface area contributed by atoms with Gasteiger partial charge in [0, 0.05) is 17.3 Å². The van der Waals surface area contributed by atoms with E-state index in [0.717, 1.165) is 27.8 Å². The lowest BCUT2D eigenvalue weighted by Crippen LogP contribution is -2.12. The maximum atomic E-state index is 12.0. The summed E-state index contributed by atoms with van der Waals surface area (Å²) >= 11 is 0. The first-order valence-electron chi connectivity index (χ1n) is 12.0. The van der Waals surface area contributed by atoms with Crippen LogP contribution in [0.2, 0.25) is 0 Å². The Balaban J connectivity index is 1.56. The number of nitrogens with two attached hydrogens (primary N) is 1. The van der Waals surface area contributed by atoms with E-state index < -0.39 is 10.0 Å². The standard InChI is InChI=1S/C28H28N4O5S/c1-4-6-21(15-27(33)36-5-2)20-7-9-24(10-8-20)37-17-23-14-22(16-32-28(23)30-18-31-32)26-12-11-25(13-19(26)3)38(29,34)35/h7-14,16,18,21H,5,15,17H2,1-3H3,(H2,29,34,35)/t21-/m0/s1. The zero-order chi connectivity index (χ0) is 27.3. The Hall–Kier alpha value is -4.20. The molecule has 2 aromatic heterocycles. The molecule has 0 spiro atoms. The summed E-state index contributed by atoms with van der Waals surface area (Å²) in [7, 11) is -3.80. The predicted molar refractivity (Wildman–Crippen MR) is 143 cm³/mol. The fraction of sp³-hybridized carbons (Fsp3) is 0.250. The first-order valence-corrected chi connectivity index (χ1v) is 13.5. The number of aryl methyl sites for hydroxylation is 1. The number of hydrogen-bond acceptors (Lipinski definition) is 7. The largest absolute Gasteiger partial charge is 0.489 e. The molecule has 0 aliphatic heterocycles. The van der Waals surface area contributed by atoms with Crippen molar-refractivity contribution in [2.75, 3.05) is 6.61 Å². The molecule has 0 aliphatic rings. The van der Waals surface area contributed by atoms with E-state index in [1.54, 1.807) is 30.5 Å². The van der Waals surface area contributed by atoms with Gasteiger partial charge < -0.3 is 9.47 Å². The highest BCUT2D eigenvalue weighted by atomic mass is 32.2. The second-order valence-electron chi connectivity index (χ2n) is 8.62. The van der Waals surface area contributed by atoms with Crippen LogP contribution in [0.15, 0.2) is 66.0 Å². The van der Waals surface area contributed by atoms with Crippen molar-refractivity contribution in [1.29, 1.82) is 0 Å². The number of esters is 1. The Morgan fingerprint density at radius 3 is 2.58 bits per heavy atom. The van der Waals surface area contributed by atoms with Crippen LogP contribution in [0.3, 0.4) is 0 Å². The second-order valence-corrected chi connectivity index (χ2v) is 10.2. The van der Waals surface area contributed by atoms with E-state index in [1.165, 1.54) is 12.4 Å². The van der Waals surface area contributed by atoms with Crippen molar-refractivity contribution in [2.45, 2.75) is 44.6 Å². The lowest BCUT2D eigenvalue weighted by atomic mass is 9.96. The highest BCUT2D eigenvalue weighted by molar-refractivity contribution is 7.89. The monoisotopic (exact) mass is 532 g/mol. The van der Waals surface area contributed by atoms with Crippen molar-refractivity contribution in [1.82, 2.24) is 14.6 Å². The third-order valence-corrected chi connectivity index (χ3v) is 6.87. The van der Waals surface area contributed by atoms with E-state index in [-0.39, 0.29) is 29.8 Å². The predicted octanol–water partition coefficient (Wildman–Crippen LogP) is 3.99. The summed E-state index contributed by atoms with van der Waals surface area (Å²) in [5, 5.41) is 9.55. The molecule has 38 heavy (non-hydrogen) atoms. The van der Waals surface area contributed by atoms with Crippen molar-refractivity contribution < 1.29 is 22.7 Å². The molecule has 2 heterocycles. The Kier molecular flexibility index (Phi) is 8.10. The zero-order valence-corrected chi connectivity index (χ0v) is 22.2. The third kappa shape index (κ3) is 6.19. The number of fused-ring (bicyclic) bond motifs is 1. The van der Waals surface area contributed by atoms with Gasteiger partial charge in [-0.25, -0.2) is 23.1 Å². The number of primary sulfonamides is 1. The maximum absolute atomic E-state index is 12.0. The molecule has 0 amide bonds. The van der Waals surface area contributed by atoms with Crippen LogP contribution in [0.4, 0.5) is 0 Å². The lowest BCUT2D eigenvalue weighted by molar-refractivity contribution is -0.143. The van der Waals surface area contributed by atoms with Gasteiger partial charge in [0.05, 0.1) is 23.8 Å². The number of aromatic nitrogens is 3. The SMILES string of the molecule is CC#C[C@@H](CC(=O)OCC)c1ccc(OCc2cc(-c3ccc(S(N)(=O)=O)cc3C)cn3ncnc23)cc1. The van der Waals surface area contributed by atoms with Gasteiger partial charge in [-0.05, 0) is 67.8 Å². The minimum atomic E-state index is -3.80. The van der Waals surface area contributed by atoms with E-state index in [4.69, 9.17) is 14.6 Å². The summed E-state index contributed by atoms with van der Waals surface area (Å²) in [6.07, 6.45) is 3.48. The second kappa shape index (κ2) is 11.5. The molecule has 0 aliphatic carbocycles. The van der Waals surface area contributed by atoms with Crippen LogP contribution in [0.5, 0.6) is 5.75 Å². The molecule has 196 valence electrons. The Bertz CT molecular complexity index is 1630. The lowest BCUT2D eigenvalue weighted by Gasteiger charge is -2.13. The summed E-state index contributed by atoms with van der Waals surface area (Å²) in [6.45, 7) is 5.90. The van der Waals surface area contributed by atoms with Crippen LogP contribution >= 0.6 is 0 Å². The highest BCUT2D eigenvalue weighted by Gasteiger charge is 2.16. The molecule has 0 unspecified atom stereocenters. The van der Waals surface area contributed by atoms with Gasteiger partial charge in [-0.15, -0.1) is 5.92 Å². The molecular weight excluding hydrogens is 504 g/mol. The Morgan fingerprint density at radius 2 is 1.92 bits per heavy atom. The number of carbonyl (C=O) groups excluding carboxylic acids is 1. The maximum Gasteiger partial charge on any atom is 0.307 e. The van der Waals surface area contributed by atoms with E-state index in [2.05, 4.69) is 21.9 Å². The van der Waals surface area contributed by atoms with E-state index in [0.29, 0.717) is 18.0 Å². The van der Waals surface area contributed by atoms with E-state index >= 15 is 0 Å². The van der Waals surface area contributed by atoms with Crippen molar-refractivity contribution >= 4 is 21.6 Å². The number of rotatable bonds is 9. The molecule has 0 radical (unpaired) electrons. The van der Waals surface area contributed by atoms with Gasteiger partial charge in [-0.3, -0.25) is 4.79 Å². The van der Waals surface area contributed by atoms with E-state index in [1.807, 2.05) is 43.5 Å². The number of carbonyl (C=O) groups is 1. The van der Waals surface area contributed by atoms with Gasteiger partial charge in [-0.1, -0.05) is 24.1 Å². The fourth-order valence-electron chi connectivity index (χ4n) is 4.16. The quantitative estimate of drug-likeness (QED) is 0.255. The topological polar surface area (TPSA) is 126 Å². The summed E-state index contributed by atoms with van der Waals surface area (Å²) in [5.41, 5.74) is 4.78. The summed E-state index contributed by atoms with van der Waals surface area (Å²) in [4.78, 5) is 16.4. The van der Waals surface area contributed by atoms with Crippen LogP contribution < -0.4 is 9.88 Å². The van der Waals surface area contributed by atoms with Crippen LogP contribution in [0, 0.1) is 18.8 Å². The molecule has 0 bridgehead atoms. The van der Waals surface area contributed by atoms with Gasteiger partial charge in [0.15, 0.2) is 5.65 Å². The normalized spacial score (nSPS) is 12.0. The first-order chi connectivity index (χ1) is 18.2. The van der Waals surface area contributed by atoms with E-state index in [9.17, 15) is 13.2 Å². The third-order valence-electron chi connectivity index (χ3n) is 5.96. The summed E-state index contributed by atoms with van der Waals surface area (Å²) in [6, 6.07) is 14.2. The van der Waals surface area contributed by atoms with Gasteiger partial charge in [-0.2, -0.15) is 5.10 Å². The van der Waals surface area contributed by atoms with Crippen LogP contribution in [0.25, 0.3) is 16.8 Å². The molecule has 4 rings (SSSR count). The summed E-state index contributed by atoms with van der Waals surface area (Å²) < 4.78 is 36.2. The molecule has 2 N–H and O–H groups in total. The number of nitrogens with zero attached hydrogens (tertiary/aromatic N) is 3. The molecular formula is C28H28N4O5S. The smallest absolute Gasteiger partial charge is 0.307 e. The van der Waals surface area contributed by atoms with Crippen LogP contribution in [0.1, 0.15) is 42.9 Å². The van der Waals surface area contributed by atoms with Crippen LogP contribution in [-0.2, 0) is 26.2 Å².